The molecule has 2 unspecified atom stereocenters. The van der Waals surface area contributed by atoms with E-state index in [0.29, 0.717) is 18.4 Å². The fraction of sp³-hybridized carbons (Fsp3) is 0.619. The molecule has 4 rings (SSSR count). The van der Waals surface area contributed by atoms with Crippen molar-refractivity contribution in [3.05, 3.63) is 40.2 Å². The molecule has 2 heterocycles. The summed E-state index contributed by atoms with van der Waals surface area (Å²) >= 11 is 0. The van der Waals surface area contributed by atoms with Gasteiger partial charge in [0.15, 0.2) is 5.82 Å². The molecule has 2 atom stereocenters. The Hall–Kier alpha value is -2.64. The number of anilines is 1. The van der Waals surface area contributed by atoms with Gasteiger partial charge in [-0.2, -0.15) is 4.98 Å². The first-order chi connectivity index (χ1) is 14.0. The Bertz CT molecular complexity index is 827. The summed E-state index contributed by atoms with van der Waals surface area (Å²) in [4.78, 5) is 17.0. The summed E-state index contributed by atoms with van der Waals surface area (Å²) in [5, 5.41) is 14.8. The third-order valence-electron chi connectivity index (χ3n) is 6.15. The average Bonchev–Trinajstić information content (AvgIpc) is 3.31. The number of nitrogens with zero attached hydrogens (tertiary/aromatic N) is 4. The molecule has 2 fully saturated rings. The van der Waals surface area contributed by atoms with Crippen LogP contribution in [0.3, 0.4) is 0 Å². The van der Waals surface area contributed by atoms with Gasteiger partial charge in [-0.1, -0.05) is 19.0 Å². The minimum Gasteiger partial charge on any atom is -0.494 e. The van der Waals surface area contributed by atoms with Gasteiger partial charge in [-0.15, -0.1) is 0 Å². The van der Waals surface area contributed by atoms with Crippen molar-refractivity contribution in [1.82, 2.24) is 10.1 Å². The van der Waals surface area contributed by atoms with Crippen LogP contribution in [0.25, 0.3) is 0 Å². The van der Waals surface area contributed by atoms with Crippen LogP contribution < -0.4 is 9.64 Å². The SMILES string of the molecule is CC(C)c1noc(N2CCC(C3CC3CCOc3ccc([N+](=O)[O-])cc3)CC2)n1. The fourth-order valence-corrected chi connectivity index (χ4v) is 4.28. The van der Waals surface area contributed by atoms with E-state index < -0.39 is 4.92 Å². The van der Waals surface area contributed by atoms with E-state index >= 15 is 0 Å². The first-order valence-electron chi connectivity index (χ1n) is 10.5. The van der Waals surface area contributed by atoms with Crippen molar-refractivity contribution >= 4 is 11.7 Å². The monoisotopic (exact) mass is 400 g/mol. The topological polar surface area (TPSA) is 94.5 Å². The van der Waals surface area contributed by atoms with Crippen LogP contribution in [0.4, 0.5) is 11.7 Å². The van der Waals surface area contributed by atoms with Crippen LogP contribution in [0, 0.1) is 27.9 Å². The zero-order chi connectivity index (χ0) is 20.4. The number of piperidine rings is 1. The summed E-state index contributed by atoms with van der Waals surface area (Å²) in [7, 11) is 0. The van der Waals surface area contributed by atoms with E-state index in [0.717, 1.165) is 43.1 Å². The zero-order valence-electron chi connectivity index (χ0n) is 17.0. The first kappa shape index (κ1) is 19.7. The van der Waals surface area contributed by atoms with Crippen molar-refractivity contribution in [3.63, 3.8) is 0 Å². The van der Waals surface area contributed by atoms with E-state index in [1.807, 2.05) is 0 Å². The highest BCUT2D eigenvalue weighted by Gasteiger charge is 2.43. The molecule has 8 nitrogen and oxygen atoms in total. The molecule has 2 aromatic rings. The molecule has 29 heavy (non-hydrogen) atoms. The molecule has 1 aromatic carbocycles. The highest BCUT2D eigenvalue weighted by atomic mass is 16.6. The van der Waals surface area contributed by atoms with Gasteiger partial charge in [0, 0.05) is 31.1 Å². The Kier molecular flexibility index (Phi) is 5.69. The summed E-state index contributed by atoms with van der Waals surface area (Å²) in [6, 6.07) is 6.96. The number of aromatic nitrogens is 2. The second kappa shape index (κ2) is 8.39. The van der Waals surface area contributed by atoms with Gasteiger partial charge in [-0.25, -0.2) is 0 Å². The number of hydrogen-bond donors (Lipinski definition) is 0. The van der Waals surface area contributed by atoms with Crippen molar-refractivity contribution in [2.75, 3.05) is 24.6 Å². The van der Waals surface area contributed by atoms with Crippen LogP contribution in [0.15, 0.2) is 28.8 Å². The summed E-state index contributed by atoms with van der Waals surface area (Å²) in [5.41, 5.74) is 0.0897. The number of benzene rings is 1. The molecule has 2 aliphatic rings. The summed E-state index contributed by atoms with van der Waals surface area (Å²) in [6.07, 6.45) is 4.67. The third kappa shape index (κ3) is 4.68. The first-order valence-corrected chi connectivity index (χ1v) is 10.5. The molecule has 156 valence electrons. The van der Waals surface area contributed by atoms with Gasteiger partial charge in [0.05, 0.1) is 11.5 Å². The molecule has 8 heteroatoms. The molecule has 1 saturated heterocycles. The molecule has 0 N–H and O–H groups in total. The normalized spacial score (nSPS) is 22.1. The average molecular weight is 400 g/mol. The minimum absolute atomic E-state index is 0.0897. The van der Waals surface area contributed by atoms with Crippen LogP contribution in [-0.2, 0) is 0 Å². The molecule has 1 aromatic heterocycles. The number of nitro benzene ring substituents is 1. The van der Waals surface area contributed by atoms with E-state index in [2.05, 4.69) is 28.9 Å². The van der Waals surface area contributed by atoms with E-state index in [1.54, 1.807) is 12.1 Å². The Morgan fingerprint density at radius 1 is 1.28 bits per heavy atom. The largest absolute Gasteiger partial charge is 0.494 e. The summed E-state index contributed by atoms with van der Waals surface area (Å²) in [5.74, 6) is 4.06. The van der Waals surface area contributed by atoms with Gasteiger partial charge in [-0.05, 0) is 55.6 Å². The van der Waals surface area contributed by atoms with Gasteiger partial charge < -0.3 is 14.2 Å². The van der Waals surface area contributed by atoms with Crippen molar-refractivity contribution in [2.45, 2.75) is 45.4 Å². The lowest BCUT2D eigenvalue weighted by Gasteiger charge is -2.30. The van der Waals surface area contributed by atoms with Gasteiger partial charge in [0.1, 0.15) is 5.75 Å². The number of non-ortho nitro benzene ring substituents is 1. The molecule has 0 amide bonds. The summed E-state index contributed by atoms with van der Waals surface area (Å²) in [6.45, 7) is 6.76. The van der Waals surface area contributed by atoms with E-state index in [9.17, 15) is 10.1 Å². The van der Waals surface area contributed by atoms with Gasteiger partial charge in [0.2, 0.25) is 0 Å². The summed E-state index contributed by atoms with van der Waals surface area (Å²) < 4.78 is 11.2. The molecule has 1 aliphatic carbocycles. The smallest absolute Gasteiger partial charge is 0.324 e. The Morgan fingerprint density at radius 2 is 2.00 bits per heavy atom. The fourth-order valence-electron chi connectivity index (χ4n) is 4.28. The lowest BCUT2D eigenvalue weighted by molar-refractivity contribution is -0.384. The maximum atomic E-state index is 10.7. The zero-order valence-corrected chi connectivity index (χ0v) is 17.0. The maximum Gasteiger partial charge on any atom is 0.324 e. The molecule has 0 radical (unpaired) electrons. The van der Waals surface area contributed by atoms with Crippen molar-refractivity contribution in [3.8, 4) is 5.75 Å². The van der Waals surface area contributed by atoms with Crippen LogP contribution in [0.1, 0.15) is 51.3 Å². The predicted octanol–water partition coefficient (Wildman–Crippen LogP) is 4.42. The van der Waals surface area contributed by atoms with E-state index in [1.165, 1.54) is 31.4 Å². The Morgan fingerprint density at radius 3 is 2.62 bits per heavy atom. The predicted molar refractivity (Wildman–Crippen MR) is 108 cm³/mol. The molecular formula is C21H28N4O4. The molecule has 0 bridgehead atoms. The van der Waals surface area contributed by atoms with Crippen LogP contribution >= 0.6 is 0 Å². The highest BCUT2D eigenvalue weighted by molar-refractivity contribution is 5.36. The van der Waals surface area contributed by atoms with Crippen LogP contribution in [-0.4, -0.2) is 34.8 Å². The third-order valence-corrected chi connectivity index (χ3v) is 6.15. The van der Waals surface area contributed by atoms with E-state index in [-0.39, 0.29) is 11.6 Å². The minimum atomic E-state index is -0.397. The number of rotatable bonds is 8. The van der Waals surface area contributed by atoms with Crippen molar-refractivity contribution < 1.29 is 14.2 Å². The second-order valence-electron chi connectivity index (χ2n) is 8.46. The van der Waals surface area contributed by atoms with Crippen LogP contribution in [0.2, 0.25) is 0 Å². The standard InChI is InChI=1S/C21H28N4O4/c1-14(2)20-22-21(29-23-20)24-10-7-15(8-11-24)19-13-16(19)9-12-28-18-5-3-17(4-6-18)25(26)27/h3-6,14-16,19H,7-13H2,1-2H3. The molecule has 1 saturated carbocycles. The second-order valence-corrected chi connectivity index (χ2v) is 8.46. The maximum absolute atomic E-state index is 10.7. The van der Waals surface area contributed by atoms with Crippen molar-refractivity contribution in [1.29, 1.82) is 0 Å². The lowest BCUT2D eigenvalue weighted by Crippen LogP contribution is -2.34. The Labute approximate surface area is 170 Å². The van der Waals surface area contributed by atoms with Gasteiger partial charge in [-0.3, -0.25) is 10.1 Å². The molecule has 1 aliphatic heterocycles. The highest BCUT2D eigenvalue weighted by Crippen LogP contribution is 2.50. The van der Waals surface area contributed by atoms with Crippen molar-refractivity contribution in [2.24, 2.45) is 17.8 Å². The van der Waals surface area contributed by atoms with Gasteiger partial charge in [0.25, 0.3) is 5.69 Å². The molecular weight excluding hydrogens is 372 g/mol. The number of nitro groups is 1. The lowest BCUT2D eigenvalue weighted by atomic mass is 9.90. The molecule has 0 spiro atoms. The Balaban J connectivity index is 1.17. The number of hydrogen-bond acceptors (Lipinski definition) is 7. The van der Waals surface area contributed by atoms with Gasteiger partial charge >= 0.3 is 6.01 Å². The van der Waals surface area contributed by atoms with E-state index in [4.69, 9.17) is 9.26 Å². The number of ether oxygens (including phenoxy) is 1. The van der Waals surface area contributed by atoms with Crippen LogP contribution in [0.5, 0.6) is 5.75 Å². The quantitative estimate of drug-likeness (QED) is 0.478.